The molecule has 2 aromatic carbocycles. The van der Waals surface area contributed by atoms with Crippen LogP contribution >= 0.6 is 11.3 Å². The molecular formula is C23H26N2O2S. The Morgan fingerprint density at radius 1 is 1.18 bits per heavy atom. The number of carbonyl (C=O) groups is 1. The molecule has 1 atom stereocenters. The van der Waals surface area contributed by atoms with Crippen molar-refractivity contribution in [1.82, 2.24) is 9.88 Å². The van der Waals surface area contributed by atoms with Crippen molar-refractivity contribution in [2.24, 2.45) is 0 Å². The SMILES string of the molecule is CC(C)(C)c1ccc(OCC(=O)N2CCCC2c2nc3ccccc3s2)cc1. The van der Waals surface area contributed by atoms with Crippen molar-refractivity contribution in [3.63, 3.8) is 0 Å². The van der Waals surface area contributed by atoms with Crippen molar-refractivity contribution < 1.29 is 9.53 Å². The lowest BCUT2D eigenvalue weighted by Gasteiger charge is -2.23. The van der Waals surface area contributed by atoms with Crippen LogP contribution in [0.3, 0.4) is 0 Å². The van der Waals surface area contributed by atoms with Gasteiger partial charge in [-0.1, -0.05) is 45.0 Å². The zero-order valence-corrected chi connectivity index (χ0v) is 17.5. The van der Waals surface area contributed by atoms with Crippen LogP contribution in [0.2, 0.25) is 0 Å². The number of para-hydroxylation sites is 1. The van der Waals surface area contributed by atoms with E-state index in [1.54, 1.807) is 11.3 Å². The Labute approximate surface area is 170 Å². The maximum Gasteiger partial charge on any atom is 0.261 e. The molecule has 1 fully saturated rings. The van der Waals surface area contributed by atoms with Crippen LogP contribution in [0.1, 0.15) is 50.2 Å². The van der Waals surface area contributed by atoms with Gasteiger partial charge in [0.05, 0.1) is 16.3 Å². The first-order valence-corrected chi connectivity index (χ1v) is 10.6. The number of amides is 1. The van der Waals surface area contributed by atoms with Crippen molar-refractivity contribution in [3.8, 4) is 5.75 Å². The fourth-order valence-electron chi connectivity index (χ4n) is 3.63. The number of benzene rings is 2. The van der Waals surface area contributed by atoms with Gasteiger partial charge in [0.2, 0.25) is 0 Å². The highest BCUT2D eigenvalue weighted by Crippen LogP contribution is 2.36. The quantitative estimate of drug-likeness (QED) is 0.600. The number of ether oxygens (including phenoxy) is 1. The highest BCUT2D eigenvalue weighted by molar-refractivity contribution is 7.18. The van der Waals surface area contributed by atoms with Crippen molar-refractivity contribution in [1.29, 1.82) is 0 Å². The predicted octanol–water partition coefficient (Wildman–Crippen LogP) is 5.34. The standard InChI is InChI=1S/C23H26N2O2S/c1-23(2,3)16-10-12-17(13-11-16)27-15-21(26)25-14-6-8-19(25)22-24-18-7-4-5-9-20(18)28-22/h4-5,7,9-13,19H,6,8,14-15H2,1-3H3. The Morgan fingerprint density at radius 2 is 1.93 bits per heavy atom. The van der Waals surface area contributed by atoms with E-state index in [4.69, 9.17) is 9.72 Å². The zero-order valence-electron chi connectivity index (χ0n) is 16.6. The molecule has 0 radical (unpaired) electrons. The van der Waals surface area contributed by atoms with Crippen molar-refractivity contribution >= 4 is 27.5 Å². The summed E-state index contributed by atoms with van der Waals surface area (Å²) in [6.45, 7) is 7.38. The van der Waals surface area contributed by atoms with E-state index in [0.717, 1.165) is 35.7 Å². The van der Waals surface area contributed by atoms with E-state index < -0.39 is 0 Å². The minimum atomic E-state index is 0.0293. The van der Waals surface area contributed by atoms with E-state index in [0.29, 0.717) is 0 Å². The summed E-state index contributed by atoms with van der Waals surface area (Å²) in [5.74, 6) is 0.763. The molecule has 1 aliphatic heterocycles. The largest absolute Gasteiger partial charge is 0.484 e. The third-order valence-corrected chi connectivity index (χ3v) is 6.39. The average Bonchev–Trinajstić information content (AvgIpc) is 3.32. The normalized spacial score (nSPS) is 17.2. The van der Waals surface area contributed by atoms with Gasteiger partial charge >= 0.3 is 0 Å². The summed E-state index contributed by atoms with van der Waals surface area (Å²) < 4.78 is 6.96. The lowest BCUT2D eigenvalue weighted by atomic mass is 9.87. The average molecular weight is 395 g/mol. The van der Waals surface area contributed by atoms with Crippen LogP contribution in [0.4, 0.5) is 0 Å². The highest BCUT2D eigenvalue weighted by atomic mass is 32.1. The Hall–Kier alpha value is -2.40. The molecule has 146 valence electrons. The lowest BCUT2D eigenvalue weighted by Crippen LogP contribution is -2.34. The van der Waals surface area contributed by atoms with Crippen LogP contribution in [-0.2, 0) is 10.2 Å². The van der Waals surface area contributed by atoms with Crippen LogP contribution in [0.5, 0.6) is 5.75 Å². The van der Waals surface area contributed by atoms with E-state index in [1.165, 1.54) is 10.3 Å². The van der Waals surface area contributed by atoms with Gasteiger partial charge in [-0.05, 0) is 48.1 Å². The second-order valence-electron chi connectivity index (χ2n) is 8.33. The first kappa shape index (κ1) is 18.9. The molecule has 3 aromatic rings. The summed E-state index contributed by atoms with van der Waals surface area (Å²) in [6, 6.07) is 16.2. The van der Waals surface area contributed by atoms with Gasteiger partial charge in [-0.2, -0.15) is 0 Å². The molecule has 0 aliphatic carbocycles. The number of thiazole rings is 1. The molecule has 28 heavy (non-hydrogen) atoms. The Kier molecular flexibility index (Phi) is 5.11. The maximum absolute atomic E-state index is 12.8. The van der Waals surface area contributed by atoms with Crippen LogP contribution in [0.25, 0.3) is 10.2 Å². The Bertz CT molecular complexity index is 939. The minimum absolute atomic E-state index is 0.0293. The van der Waals surface area contributed by atoms with Gasteiger partial charge in [-0.15, -0.1) is 11.3 Å². The zero-order chi connectivity index (χ0) is 19.7. The van der Waals surface area contributed by atoms with E-state index in [-0.39, 0.29) is 24.0 Å². The number of fused-ring (bicyclic) bond motifs is 1. The van der Waals surface area contributed by atoms with Gasteiger partial charge in [0, 0.05) is 6.54 Å². The van der Waals surface area contributed by atoms with Gasteiger partial charge in [0.15, 0.2) is 6.61 Å². The number of likely N-dealkylation sites (tertiary alicyclic amines) is 1. The van der Waals surface area contributed by atoms with E-state index in [2.05, 4.69) is 39.0 Å². The smallest absolute Gasteiger partial charge is 0.261 e. The van der Waals surface area contributed by atoms with E-state index in [9.17, 15) is 4.79 Å². The summed E-state index contributed by atoms with van der Waals surface area (Å²) in [7, 11) is 0. The lowest BCUT2D eigenvalue weighted by molar-refractivity contribution is -0.134. The number of nitrogens with zero attached hydrogens (tertiary/aromatic N) is 2. The molecule has 0 bridgehead atoms. The van der Waals surface area contributed by atoms with Crippen molar-refractivity contribution in [3.05, 3.63) is 59.1 Å². The maximum atomic E-state index is 12.8. The molecule has 4 nitrogen and oxygen atoms in total. The molecule has 5 heteroatoms. The number of hydrogen-bond donors (Lipinski definition) is 0. The summed E-state index contributed by atoms with van der Waals surface area (Å²) >= 11 is 1.69. The molecule has 0 N–H and O–H groups in total. The van der Waals surface area contributed by atoms with Gasteiger partial charge < -0.3 is 9.64 Å². The highest BCUT2D eigenvalue weighted by Gasteiger charge is 2.32. The third-order valence-electron chi connectivity index (χ3n) is 5.25. The van der Waals surface area contributed by atoms with Crippen LogP contribution in [0.15, 0.2) is 48.5 Å². The number of rotatable bonds is 4. The summed E-state index contributed by atoms with van der Waals surface area (Å²) in [5.41, 5.74) is 2.37. The first-order valence-electron chi connectivity index (χ1n) is 9.80. The second-order valence-corrected chi connectivity index (χ2v) is 9.39. The van der Waals surface area contributed by atoms with Crippen molar-refractivity contribution in [2.75, 3.05) is 13.2 Å². The van der Waals surface area contributed by atoms with Gasteiger partial charge in [-0.3, -0.25) is 4.79 Å². The predicted molar refractivity (Wildman–Crippen MR) is 114 cm³/mol. The summed E-state index contributed by atoms with van der Waals surface area (Å²) in [5, 5.41) is 1.03. The topological polar surface area (TPSA) is 42.4 Å². The fourth-order valence-corrected chi connectivity index (χ4v) is 4.75. The molecule has 1 aromatic heterocycles. The molecule has 1 amide bonds. The van der Waals surface area contributed by atoms with Crippen LogP contribution in [0, 0.1) is 0 Å². The van der Waals surface area contributed by atoms with Gasteiger partial charge in [-0.25, -0.2) is 4.98 Å². The Balaban J connectivity index is 1.42. The van der Waals surface area contributed by atoms with Crippen molar-refractivity contribution in [2.45, 2.75) is 45.1 Å². The molecule has 4 rings (SSSR count). The second kappa shape index (κ2) is 7.55. The third kappa shape index (κ3) is 3.90. The Morgan fingerprint density at radius 3 is 2.64 bits per heavy atom. The van der Waals surface area contributed by atoms with Crippen LogP contribution < -0.4 is 4.74 Å². The number of carbonyl (C=O) groups excluding carboxylic acids is 1. The van der Waals surface area contributed by atoms with E-state index in [1.807, 2.05) is 35.2 Å². The fraction of sp³-hybridized carbons (Fsp3) is 0.391. The molecular weight excluding hydrogens is 368 g/mol. The monoisotopic (exact) mass is 394 g/mol. The number of hydrogen-bond acceptors (Lipinski definition) is 4. The molecule has 1 aliphatic rings. The molecule has 0 spiro atoms. The first-order chi connectivity index (χ1) is 13.4. The molecule has 1 unspecified atom stereocenters. The number of aromatic nitrogens is 1. The van der Waals surface area contributed by atoms with Gasteiger partial charge in [0.1, 0.15) is 10.8 Å². The van der Waals surface area contributed by atoms with E-state index >= 15 is 0 Å². The summed E-state index contributed by atoms with van der Waals surface area (Å²) in [4.78, 5) is 19.5. The van der Waals surface area contributed by atoms with Crippen LogP contribution in [-0.4, -0.2) is 28.9 Å². The molecule has 2 heterocycles. The molecule has 0 saturated carbocycles. The molecule has 1 saturated heterocycles. The van der Waals surface area contributed by atoms with Gasteiger partial charge in [0.25, 0.3) is 5.91 Å². The summed E-state index contributed by atoms with van der Waals surface area (Å²) in [6.07, 6.45) is 1.97. The minimum Gasteiger partial charge on any atom is -0.484 e.